The highest BCUT2D eigenvalue weighted by Gasteiger charge is 2.13. The summed E-state index contributed by atoms with van der Waals surface area (Å²) >= 11 is 1.14. The zero-order valence-electron chi connectivity index (χ0n) is 14.2. The summed E-state index contributed by atoms with van der Waals surface area (Å²) < 4.78 is 5.73. The second kappa shape index (κ2) is 8.26. The Hall–Kier alpha value is -3.19. The van der Waals surface area contributed by atoms with E-state index >= 15 is 0 Å². The van der Waals surface area contributed by atoms with E-state index in [4.69, 9.17) is 10.5 Å². The molecule has 6 nitrogen and oxygen atoms in total. The van der Waals surface area contributed by atoms with Crippen molar-refractivity contribution in [1.29, 1.82) is 0 Å². The monoisotopic (exact) mass is 366 g/mol. The molecule has 1 amide bonds. The number of ether oxygens (including phenoxy) is 1. The van der Waals surface area contributed by atoms with Crippen molar-refractivity contribution in [3.63, 3.8) is 0 Å². The van der Waals surface area contributed by atoms with Gasteiger partial charge in [0.1, 0.15) is 17.2 Å². The number of amides is 1. The first-order valence-electron chi connectivity index (χ1n) is 7.95. The number of anilines is 1. The van der Waals surface area contributed by atoms with Crippen molar-refractivity contribution >= 4 is 28.6 Å². The van der Waals surface area contributed by atoms with Gasteiger partial charge in [0.2, 0.25) is 0 Å². The Morgan fingerprint density at radius 3 is 2.62 bits per heavy atom. The Bertz CT molecular complexity index is 905. The molecule has 0 radical (unpaired) electrons. The highest BCUT2D eigenvalue weighted by Crippen LogP contribution is 2.19. The van der Waals surface area contributed by atoms with Gasteiger partial charge in [0, 0.05) is 0 Å². The highest BCUT2D eigenvalue weighted by molar-refractivity contribution is 7.17. The van der Waals surface area contributed by atoms with Crippen LogP contribution in [0.25, 0.3) is 0 Å². The van der Waals surface area contributed by atoms with E-state index in [2.05, 4.69) is 15.5 Å². The van der Waals surface area contributed by atoms with Crippen molar-refractivity contribution in [1.82, 2.24) is 10.4 Å². The number of aryl methyl sites for hydroxylation is 1. The molecule has 0 spiro atoms. The summed E-state index contributed by atoms with van der Waals surface area (Å²) in [5.74, 6) is 0.446. The van der Waals surface area contributed by atoms with Gasteiger partial charge in [-0.05, 0) is 42.3 Å². The fourth-order valence-corrected chi connectivity index (χ4v) is 2.96. The Kier molecular flexibility index (Phi) is 5.60. The van der Waals surface area contributed by atoms with Gasteiger partial charge < -0.3 is 10.5 Å². The minimum Gasteiger partial charge on any atom is -0.489 e. The maximum atomic E-state index is 12.0. The van der Waals surface area contributed by atoms with Crippen LogP contribution < -0.4 is 15.9 Å². The number of aromatic nitrogens is 1. The zero-order chi connectivity index (χ0) is 18.4. The molecule has 3 rings (SSSR count). The Balaban J connectivity index is 1.53. The molecular weight excluding hydrogens is 348 g/mol. The fourth-order valence-electron chi connectivity index (χ4n) is 2.24. The van der Waals surface area contributed by atoms with Gasteiger partial charge in [0.15, 0.2) is 5.13 Å². The lowest BCUT2D eigenvalue weighted by Gasteiger charge is -2.06. The molecule has 2 aromatic carbocycles. The SMILES string of the molecule is Cc1nc(N)sc1C(=O)NN=Cc1ccc(OCc2ccccc2)cc1. The largest absolute Gasteiger partial charge is 0.489 e. The van der Waals surface area contributed by atoms with E-state index in [1.54, 1.807) is 13.1 Å². The first-order chi connectivity index (χ1) is 12.6. The van der Waals surface area contributed by atoms with Gasteiger partial charge in [-0.2, -0.15) is 5.10 Å². The van der Waals surface area contributed by atoms with E-state index in [-0.39, 0.29) is 5.91 Å². The normalized spacial score (nSPS) is 10.8. The number of carbonyl (C=O) groups excluding carboxylic acids is 1. The second-order valence-corrected chi connectivity index (χ2v) is 6.54. The van der Waals surface area contributed by atoms with Gasteiger partial charge in [0.25, 0.3) is 5.91 Å². The number of hydrogen-bond donors (Lipinski definition) is 2. The minimum absolute atomic E-state index is 0.323. The molecule has 0 atom stereocenters. The van der Waals surface area contributed by atoms with Crippen LogP contribution in [0.2, 0.25) is 0 Å². The summed E-state index contributed by atoms with van der Waals surface area (Å²) in [5.41, 5.74) is 10.6. The molecule has 132 valence electrons. The molecule has 0 unspecified atom stereocenters. The van der Waals surface area contributed by atoms with Crippen molar-refractivity contribution in [2.24, 2.45) is 5.10 Å². The van der Waals surface area contributed by atoms with E-state index in [9.17, 15) is 4.79 Å². The third kappa shape index (κ3) is 4.67. The molecule has 0 saturated carbocycles. The number of nitrogens with zero attached hydrogens (tertiary/aromatic N) is 2. The summed E-state index contributed by atoms with van der Waals surface area (Å²) in [6.45, 7) is 2.25. The maximum absolute atomic E-state index is 12.0. The molecule has 1 aromatic heterocycles. The number of nitrogen functional groups attached to an aromatic ring is 1. The number of thiazole rings is 1. The summed E-state index contributed by atoms with van der Waals surface area (Å²) in [4.78, 5) is 16.5. The number of nitrogens with one attached hydrogen (secondary N) is 1. The van der Waals surface area contributed by atoms with Crippen molar-refractivity contribution in [3.05, 3.63) is 76.3 Å². The zero-order valence-corrected chi connectivity index (χ0v) is 15.0. The number of nitrogens with two attached hydrogens (primary N) is 1. The van der Waals surface area contributed by atoms with Gasteiger partial charge in [0.05, 0.1) is 11.9 Å². The fraction of sp³-hybridized carbons (Fsp3) is 0.105. The molecule has 7 heteroatoms. The molecule has 0 aliphatic carbocycles. The number of carbonyl (C=O) groups is 1. The predicted octanol–water partition coefficient (Wildman–Crippen LogP) is 3.38. The number of benzene rings is 2. The Morgan fingerprint density at radius 1 is 1.23 bits per heavy atom. The van der Waals surface area contributed by atoms with Crippen LogP contribution in [0.4, 0.5) is 5.13 Å². The van der Waals surface area contributed by atoms with Gasteiger partial charge in [-0.15, -0.1) is 0 Å². The van der Waals surface area contributed by atoms with Crippen LogP contribution in [0, 0.1) is 6.92 Å². The van der Waals surface area contributed by atoms with Crippen LogP contribution in [0.1, 0.15) is 26.5 Å². The number of rotatable bonds is 6. The van der Waals surface area contributed by atoms with Gasteiger partial charge >= 0.3 is 0 Å². The van der Waals surface area contributed by atoms with E-state index in [1.165, 1.54) is 0 Å². The lowest BCUT2D eigenvalue weighted by atomic mass is 10.2. The molecule has 3 N–H and O–H groups in total. The van der Waals surface area contributed by atoms with Crippen LogP contribution >= 0.6 is 11.3 Å². The number of hydrazone groups is 1. The summed E-state index contributed by atoms with van der Waals surface area (Å²) in [6.07, 6.45) is 1.57. The lowest BCUT2D eigenvalue weighted by Crippen LogP contribution is -2.17. The molecule has 1 heterocycles. The first kappa shape index (κ1) is 17.6. The molecule has 3 aromatic rings. The topological polar surface area (TPSA) is 89.6 Å². The first-order valence-corrected chi connectivity index (χ1v) is 8.76. The summed E-state index contributed by atoms with van der Waals surface area (Å²) in [6, 6.07) is 17.4. The van der Waals surface area contributed by atoms with Crippen LogP contribution in [-0.4, -0.2) is 17.1 Å². The molecule has 0 fully saturated rings. The average Bonchev–Trinajstić information content (AvgIpc) is 3.00. The van der Waals surface area contributed by atoms with Crippen LogP contribution in [0.15, 0.2) is 59.7 Å². The molecule has 0 aliphatic heterocycles. The summed E-state index contributed by atoms with van der Waals surface area (Å²) in [7, 11) is 0. The van der Waals surface area contributed by atoms with E-state index in [0.717, 1.165) is 28.2 Å². The van der Waals surface area contributed by atoms with Crippen molar-refractivity contribution < 1.29 is 9.53 Å². The van der Waals surface area contributed by atoms with Gasteiger partial charge in [-0.25, -0.2) is 10.4 Å². The van der Waals surface area contributed by atoms with Crippen molar-refractivity contribution in [3.8, 4) is 5.75 Å². The second-order valence-electron chi connectivity index (χ2n) is 5.51. The average molecular weight is 366 g/mol. The maximum Gasteiger partial charge on any atom is 0.283 e. The van der Waals surface area contributed by atoms with E-state index in [0.29, 0.717) is 22.3 Å². The van der Waals surface area contributed by atoms with E-state index in [1.807, 2.05) is 54.6 Å². The molecule has 0 saturated heterocycles. The van der Waals surface area contributed by atoms with Crippen LogP contribution in [-0.2, 0) is 6.61 Å². The van der Waals surface area contributed by atoms with Gasteiger partial charge in [-0.1, -0.05) is 41.7 Å². The minimum atomic E-state index is -0.323. The van der Waals surface area contributed by atoms with Crippen molar-refractivity contribution in [2.75, 3.05) is 5.73 Å². The van der Waals surface area contributed by atoms with Crippen LogP contribution in [0.5, 0.6) is 5.75 Å². The summed E-state index contributed by atoms with van der Waals surface area (Å²) in [5, 5.41) is 4.33. The Labute approximate surface area is 155 Å². The third-order valence-electron chi connectivity index (χ3n) is 3.53. The molecule has 0 aliphatic rings. The molecule has 26 heavy (non-hydrogen) atoms. The molecular formula is C19H18N4O2S. The smallest absolute Gasteiger partial charge is 0.283 e. The Morgan fingerprint density at radius 2 is 1.96 bits per heavy atom. The quantitative estimate of drug-likeness (QED) is 0.517. The molecule has 0 bridgehead atoms. The lowest BCUT2D eigenvalue weighted by molar-refractivity contribution is 0.0958. The van der Waals surface area contributed by atoms with Gasteiger partial charge in [-0.3, -0.25) is 4.79 Å². The van der Waals surface area contributed by atoms with Crippen molar-refractivity contribution in [2.45, 2.75) is 13.5 Å². The predicted molar refractivity (Wildman–Crippen MR) is 104 cm³/mol. The number of hydrogen-bond acceptors (Lipinski definition) is 6. The third-order valence-corrected chi connectivity index (χ3v) is 4.51. The highest BCUT2D eigenvalue weighted by atomic mass is 32.1. The van der Waals surface area contributed by atoms with Crippen LogP contribution in [0.3, 0.4) is 0 Å². The standard InChI is InChI=1S/C19H18N4O2S/c1-13-17(26-19(20)22-13)18(24)23-21-11-14-7-9-16(10-8-14)25-12-15-5-3-2-4-6-15/h2-11H,12H2,1H3,(H2,20,22)(H,23,24). The van der Waals surface area contributed by atoms with E-state index < -0.39 is 0 Å².